The third-order valence-electron chi connectivity index (χ3n) is 4.61. The Balaban J connectivity index is 1.80. The lowest BCUT2D eigenvalue weighted by molar-refractivity contribution is -0.130. The van der Waals surface area contributed by atoms with Crippen LogP contribution in [0.1, 0.15) is 39.5 Å². The van der Waals surface area contributed by atoms with Crippen LogP contribution in [0.15, 0.2) is 29.6 Å². The van der Waals surface area contributed by atoms with Gasteiger partial charge in [-0.25, -0.2) is 9.78 Å². The molecule has 1 aliphatic rings. The maximum absolute atomic E-state index is 13.1. The first-order chi connectivity index (χ1) is 12.0. The number of rotatable bonds is 5. The molecule has 3 rings (SSSR count). The van der Waals surface area contributed by atoms with Crippen LogP contribution in [0.25, 0.3) is 0 Å². The van der Waals surface area contributed by atoms with Crippen molar-refractivity contribution in [2.75, 3.05) is 13.2 Å². The van der Waals surface area contributed by atoms with Crippen molar-refractivity contribution in [2.24, 2.45) is 0 Å². The normalized spacial score (nSPS) is 16.4. The van der Waals surface area contributed by atoms with Gasteiger partial charge in [0.1, 0.15) is 5.01 Å². The standard InChI is InChI=1S/C18H20N2O4S/c1-12-4-2-3-5-13(12)18(6-8-24-9-7-18)17(23)19-10-15-20-14(11-25-15)16(21)22/h2-5,11H,6-10H2,1H3,(H,19,23)(H,21,22). The summed E-state index contributed by atoms with van der Waals surface area (Å²) in [6.07, 6.45) is 1.25. The fourth-order valence-corrected chi connectivity index (χ4v) is 3.97. The van der Waals surface area contributed by atoms with Crippen molar-refractivity contribution >= 4 is 23.2 Å². The molecule has 7 heteroatoms. The second-order valence-electron chi connectivity index (χ2n) is 6.12. The molecule has 0 radical (unpaired) electrons. The van der Waals surface area contributed by atoms with E-state index in [1.54, 1.807) is 0 Å². The van der Waals surface area contributed by atoms with Crippen LogP contribution in [0.3, 0.4) is 0 Å². The van der Waals surface area contributed by atoms with Gasteiger partial charge in [0.05, 0.1) is 12.0 Å². The Morgan fingerprint density at radius 2 is 2.04 bits per heavy atom. The number of aromatic carboxylic acids is 1. The number of aryl methyl sites for hydroxylation is 1. The van der Waals surface area contributed by atoms with Gasteiger partial charge in [0, 0.05) is 18.6 Å². The van der Waals surface area contributed by atoms with E-state index in [-0.39, 0.29) is 18.1 Å². The van der Waals surface area contributed by atoms with Crippen molar-refractivity contribution in [1.29, 1.82) is 0 Å². The maximum atomic E-state index is 13.1. The molecule has 0 bridgehead atoms. The molecule has 1 aromatic carbocycles. The molecule has 0 aliphatic carbocycles. The van der Waals surface area contributed by atoms with Crippen molar-refractivity contribution in [1.82, 2.24) is 10.3 Å². The van der Waals surface area contributed by atoms with E-state index in [9.17, 15) is 9.59 Å². The summed E-state index contributed by atoms with van der Waals surface area (Å²) in [5, 5.41) is 14.0. The Morgan fingerprint density at radius 3 is 2.68 bits per heavy atom. The zero-order valence-electron chi connectivity index (χ0n) is 13.9. The number of hydrogen-bond acceptors (Lipinski definition) is 5. The Morgan fingerprint density at radius 1 is 1.32 bits per heavy atom. The van der Waals surface area contributed by atoms with Crippen LogP contribution in [0.5, 0.6) is 0 Å². The Kier molecular flexibility index (Phi) is 5.15. The summed E-state index contributed by atoms with van der Waals surface area (Å²) in [6, 6.07) is 7.94. The smallest absolute Gasteiger partial charge is 0.355 e. The molecule has 0 atom stereocenters. The fraction of sp³-hybridized carbons (Fsp3) is 0.389. The lowest BCUT2D eigenvalue weighted by Gasteiger charge is -2.37. The molecule has 1 aromatic heterocycles. The van der Waals surface area contributed by atoms with Crippen LogP contribution < -0.4 is 5.32 Å². The SMILES string of the molecule is Cc1ccccc1C1(C(=O)NCc2nc(C(=O)O)cs2)CCOCC1. The molecule has 1 amide bonds. The summed E-state index contributed by atoms with van der Waals surface area (Å²) in [5.41, 5.74) is 1.51. The van der Waals surface area contributed by atoms with Crippen LogP contribution in [0, 0.1) is 6.92 Å². The number of nitrogens with zero attached hydrogens (tertiary/aromatic N) is 1. The quantitative estimate of drug-likeness (QED) is 0.855. The molecule has 0 unspecified atom stereocenters. The summed E-state index contributed by atoms with van der Waals surface area (Å²) >= 11 is 1.23. The van der Waals surface area contributed by atoms with Gasteiger partial charge in [0.2, 0.25) is 5.91 Å². The zero-order valence-corrected chi connectivity index (χ0v) is 14.8. The highest BCUT2D eigenvalue weighted by Gasteiger charge is 2.42. The summed E-state index contributed by atoms with van der Waals surface area (Å²) in [7, 11) is 0. The third-order valence-corrected chi connectivity index (χ3v) is 5.46. The number of benzene rings is 1. The lowest BCUT2D eigenvalue weighted by Crippen LogP contribution is -2.48. The molecule has 1 saturated heterocycles. The minimum Gasteiger partial charge on any atom is -0.476 e. The molecule has 2 heterocycles. The van der Waals surface area contributed by atoms with Gasteiger partial charge in [0.25, 0.3) is 0 Å². The molecule has 132 valence electrons. The minimum absolute atomic E-state index is 0.00827. The molecule has 0 spiro atoms. The topological polar surface area (TPSA) is 88.5 Å². The van der Waals surface area contributed by atoms with Crippen molar-refractivity contribution in [3.8, 4) is 0 Å². The van der Waals surface area contributed by atoms with Crippen LogP contribution in [0.4, 0.5) is 0 Å². The molecule has 1 fully saturated rings. The molecular formula is C18H20N2O4S. The average Bonchev–Trinajstić information content (AvgIpc) is 3.10. The minimum atomic E-state index is -1.06. The van der Waals surface area contributed by atoms with Crippen LogP contribution >= 0.6 is 11.3 Å². The van der Waals surface area contributed by atoms with Gasteiger partial charge in [-0.15, -0.1) is 11.3 Å². The Labute approximate surface area is 149 Å². The number of carboxylic acid groups (broad SMARTS) is 1. The summed E-state index contributed by atoms with van der Waals surface area (Å²) < 4.78 is 5.47. The van der Waals surface area contributed by atoms with E-state index in [2.05, 4.69) is 10.3 Å². The molecule has 0 saturated carbocycles. The van der Waals surface area contributed by atoms with Gasteiger partial charge in [-0.2, -0.15) is 0 Å². The number of amides is 1. The molecule has 25 heavy (non-hydrogen) atoms. The van der Waals surface area contributed by atoms with E-state index in [0.29, 0.717) is 31.1 Å². The van der Waals surface area contributed by atoms with E-state index in [4.69, 9.17) is 9.84 Å². The average molecular weight is 360 g/mol. The number of carbonyl (C=O) groups is 2. The summed E-state index contributed by atoms with van der Waals surface area (Å²) in [5.74, 6) is -1.12. The monoisotopic (exact) mass is 360 g/mol. The summed E-state index contributed by atoms with van der Waals surface area (Å²) in [4.78, 5) is 28.0. The highest BCUT2D eigenvalue weighted by Crippen LogP contribution is 2.37. The Bertz CT molecular complexity index is 781. The van der Waals surface area contributed by atoms with Gasteiger partial charge < -0.3 is 15.2 Å². The number of aromatic nitrogens is 1. The molecule has 6 nitrogen and oxygen atoms in total. The van der Waals surface area contributed by atoms with Gasteiger partial charge in [0.15, 0.2) is 5.69 Å². The number of ether oxygens (including phenoxy) is 1. The third kappa shape index (κ3) is 3.57. The molecular weight excluding hydrogens is 340 g/mol. The van der Waals surface area contributed by atoms with Crippen molar-refractivity contribution in [3.05, 3.63) is 51.5 Å². The highest BCUT2D eigenvalue weighted by atomic mass is 32.1. The van der Waals surface area contributed by atoms with Gasteiger partial charge in [-0.3, -0.25) is 4.79 Å². The number of carboxylic acids is 1. The lowest BCUT2D eigenvalue weighted by atomic mass is 9.72. The van der Waals surface area contributed by atoms with E-state index in [1.165, 1.54) is 16.7 Å². The maximum Gasteiger partial charge on any atom is 0.355 e. The van der Waals surface area contributed by atoms with Crippen LogP contribution in [-0.2, 0) is 21.5 Å². The fourth-order valence-electron chi connectivity index (χ4n) is 3.26. The first-order valence-corrected chi connectivity index (χ1v) is 9.01. The molecule has 2 N–H and O–H groups in total. The highest BCUT2D eigenvalue weighted by molar-refractivity contribution is 7.09. The van der Waals surface area contributed by atoms with E-state index >= 15 is 0 Å². The molecule has 1 aliphatic heterocycles. The second-order valence-corrected chi connectivity index (χ2v) is 7.07. The number of carbonyl (C=O) groups excluding carboxylic acids is 1. The first-order valence-electron chi connectivity index (χ1n) is 8.13. The van der Waals surface area contributed by atoms with Crippen molar-refractivity contribution < 1.29 is 19.4 Å². The number of hydrogen-bond donors (Lipinski definition) is 2. The van der Waals surface area contributed by atoms with Crippen molar-refractivity contribution in [2.45, 2.75) is 31.7 Å². The largest absolute Gasteiger partial charge is 0.476 e. The van der Waals surface area contributed by atoms with Gasteiger partial charge in [-0.05, 0) is 30.9 Å². The van der Waals surface area contributed by atoms with Crippen LogP contribution in [-0.4, -0.2) is 35.2 Å². The number of nitrogens with one attached hydrogen (secondary N) is 1. The molecule has 2 aromatic rings. The van der Waals surface area contributed by atoms with E-state index in [0.717, 1.165) is 11.1 Å². The predicted molar refractivity (Wildman–Crippen MR) is 93.8 cm³/mol. The van der Waals surface area contributed by atoms with Crippen LogP contribution in [0.2, 0.25) is 0 Å². The summed E-state index contributed by atoms with van der Waals surface area (Å²) in [6.45, 7) is 3.33. The Hall–Kier alpha value is -2.25. The predicted octanol–water partition coefficient (Wildman–Crippen LogP) is 2.51. The van der Waals surface area contributed by atoms with E-state index < -0.39 is 11.4 Å². The first kappa shape index (κ1) is 17.6. The van der Waals surface area contributed by atoms with Gasteiger partial charge in [-0.1, -0.05) is 24.3 Å². The van der Waals surface area contributed by atoms with Gasteiger partial charge >= 0.3 is 5.97 Å². The van der Waals surface area contributed by atoms with E-state index in [1.807, 2.05) is 31.2 Å². The number of thiazole rings is 1. The van der Waals surface area contributed by atoms with Crippen molar-refractivity contribution in [3.63, 3.8) is 0 Å². The zero-order chi connectivity index (χ0) is 17.9. The second kappa shape index (κ2) is 7.33.